The van der Waals surface area contributed by atoms with Crippen LogP contribution in [0.5, 0.6) is 0 Å². The molecule has 1 saturated carbocycles. The zero-order chi connectivity index (χ0) is 30.2. The molecule has 0 amide bonds. The molecule has 11 nitrogen and oxygen atoms in total. The lowest BCUT2D eigenvalue weighted by atomic mass is 9.48. The Labute approximate surface area is 239 Å². The van der Waals surface area contributed by atoms with Crippen molar-refractivity contribution in [3.63, 3.8) is 0 Å². The van der Waals surface area contributed by atoms with E-state index in [2.05, 4.69) is 4.98 Å². The molecule has 0 radical (unpaired) electrons. The summed E-state index contributed by atoms with van der Waals surface area (Å²) in [5.74, 6) is -4.85. The summed E-state index contributed by atoms with van der Waals surface area (Å²) in [6, 6.07) is 2.00. The van der Waals surface area contributed by atoms with Crippen LogP contribution in [0.3, 0.4) is 0 Å². The van der Waals surface area contributed by atoms with Crippen molar-refractivity contribution < 1.29 is 48.3 Å². The van der Waals surface area contributed by atoms with Crippen molar-refractivity contribution in [1.82, 2.24) is 4.98 Å². The predicted molar refractivity (Wildman–Crippen MR) is 142 cm³/mol. The molecule has 226 valence electrons. The van der Waals surface area contributed by atoms with Gasteiger partial charge >= 0.3 is 17.9 Å². The van der Waals surface area contributed by atoms with Gasteiger partial charge in [-0.05, 0) is 49.7 Å². The quantitative estimate of drug-likeness (QED) is 0.391. The first-order chi connectivity index (χ1) is 19.2. The maximum Gasteiger partial charge on any atom is 0.338 e. The second-order valence-corrected chi connectivity index (χ2v) is 13.2. The Morgan fingerprint density at radius 3 is 2.32 bits per heavy atom. The van der Waals surface area contributed by atoms with Crippen molar-refractivity contribution in [2.45, 2.75) is 92.2 Å². The van der Waals surface area contributed by atoms with Crippen LogP contribution in [0.25, 0.3) is 0 Å². The predicted octanol–water partition coefficient (Wildman–Crippen LogP) is 1.92. The third kappa shape index (κ3) is 3.92. The van der Waals surface area contributed by atoms with Crippen molar-refractivity contribution >= 4 is 17.9 Å². The lowest BCUT2D eigenvalue weighted by molar-refractivity contribution is -0.258. The molecule has 0 aromatic carbocycles. The maximum atomic E-state index is 13.8. The number of aliphatic hydroxyl groups excluding tert-OH is 2. The van der Waals surface area contributed by atoms with Crippen LogP contribution in [-0.2, 0) is 44.7 Å². The fraction of sp³-hybridized carbons (Fsp3) is 0.733. The van der Waals surface area contributed by atoms with E-state index < -0.39 is 89.2 Å². The number of aromatic nitrogens is 1. The van der Waals surface area contributed by atoms with Crippen LogP contribution in [0.4, 0.5) is 0 Å². The summed E-state index contributed by atoms with van der Waals surface area (Å²) in [5, 5.41) is 22.5. The topological polar surface area (TPSA) is 151 Å². The summed E-state index contributed by atoms with van der Waals surface area (Å²) < 4.78 is 29.8. The molecule has 0 bridgehead atoms. The van der Waals surface area contributed by atoms with E-state index in [1.807, 2.05) is 47.6 Å². The molecule has 4 fully saturated rings. The number of aliphatic hydroxyl groups is 2. The average Bonchev–Trinajstić information content (AvgIpc) is 3.45. The van der Waals surface area contributed by atoms with E-state index in [1.165, 1.54) is 7.11 Å². The van der Waals surface area contributed by atoms with Crippen LogP contribution in [-0.4, -0.2) is 77.5 Å². The molecule has 2 spiro atoms. The number of aryl methyl sites for hydroxylation is 3. The van der Waals surface area contributed by atoms with Crippen molar-refractivity contribution in [3.8, 4) is 0 Å². The van der Waals surface area contributed by atoms with E-state index in [4.69, 9.17) is 23.7 Å². The number of hydrogen-bond acceptors (Lipinski definition) is 11. The molecule has 1 aromatic heterocycles. The normalized spacial score (nSPS) is 40.2. The minimum absolute atomic E-state index is 0.0491. The van der Waals surface area contributed by atoms with Gasteiger partial charge in [-0.1, -0.05) is 33.8 Å². The van der Waals surface area contributed by atoms with Crippen molar-refractivity contribution in [1.29, 1.82) is 0 Å². The highest BCUT2D eigenvalue weighted by Crippen LogP contribution is 2.75. The lowest BCUT2D eigenvalue weighted by Crippen LogP contribution is -2.67. The molecule has 3 unspecified atom stereocenters. The van der Waals surface area contributed by atoms with E-state index in [0.717, 1.165) is 16.8 Å². The van der Waals surface area contributed by atoms with Crippen LogP contribution >= 0.6 is 0 Å². The van der Waals surface area contributed by atoms with Crippen molar-refractivity contribution in [3.05, 3.63) is 28.6 Å². The second kappa shape index (κ2) is 10.00. The zero-order valence-electron chi connectivity index (χ0n) is 24.9. The fourth-order valence-corrected chi connectivity index (χ4v) is 8.44. The van der Waals surface area contributed by atoms with Gasteiger partial charge in [0.05, 0.1) is 41.6 Å². The molecule has 2 N–H and O–H groups in total. The van der Waals surface area contributed by atoms with E-state index >= 15 is 0 Å². The highest BCUT2D eigenvalue weighted by molar-refractivity contribution is 5.87. The van der Waals surface area contributed by atoms with Crippen LogP contribution in [0, 0.1) is 54.8 Å². The maximum absolute atomic E-state index is 13.8. The fourth-order valence-electron chi connectivity index (χ4n) is 8.44. The lowest BCUT2D eigenvalue weighted by Gasteiger charge is -2.54. The highest BCUT2D eigenvalue weighted by atomic mass is 16.7. The third-order valence-electron chi connectivity index (χ3n) is 10.2. The molecule has 41 heavy (non-hydrogen) atoms. The van der Waals surface area contributed by atoms with Gasteiger partial charge in [-0.3, -0.25) is 14.6 Å². The van der Waals surface area contributed by atoms with Gasteiger partial charge in [0.15, 0.2) is 12.2 Å². The molecule has 10 atom stereocenters. The number of carbonyl (C=O) groups excluding carboxylic acids is 3. The van der Waals surface area contributed by atoms with Gasteiger partial charge in [0, 0.05) is 12.8 Å². The van der Waals surface area contributed by atoms with Gasteiger partial charge in [-0.25, -0.2) is 4.79 Å². The summed E-state index contributed by atoms with van der Waals surface area (Å²) in [5.41, 5.74) is -0.326. The highest BCUT2D eigenvalue weighted by Gasteiger charge is 2.87. The standard InChI is InChI=1S/C30H41NO10/c1-13-9-14(2)17(31-16(13)4)12-38-23-26(36)41-27(37-8)29(23)19(28(5,6)7)10-20-30(29)21(25(35)40-20)15(3)24(34)39-18(11-32)22(30)33/h9,15,18-23,27,32-33H,10-12H2,1-8H3/t15-,18+,19-,20?,21?,22-,23-,27+,29?,30-/m0/s1. The third-order valence-corrected chi connectivity index (χ3v) is 10.2. The zero-order valence-corrected chi connectivity index (χ0v) is 24.9. The van der Waals surface area contributed by atoms with Gasteiger partial charge < -0.3 is 33.9 Å². The Kier molecular flexibility index (Phi) is 7.29. The molecule has 3 aliphatic heterocycles. The Bertz CT molecular complexity index is 1260. The van der Waals surface area contributed by atoms with E-state index in [1.54, 1.807) is 6.92 Å². The minimum atomic E-state index is -1.63. The molecule has 4 aliphatic rings. The van der Waals surface area contributed by atoms with Gasteiger partial charge in [0.25, 0.3) is 0 Å². The molecular formula is C30H41NO10. The second-order valence-electron chi connectivity index (χ2n) is 13.2. The smallest absolute Gasteiger partial charge is 0.338 e. The van der Waals surface area contributed by atoms with Crippen molar-refractivity contribution in [2.24, 2.45) is 34.0 Å². The summed E-state index contributed by atoms with van der Waals surface area (Å²) in [6.45, 7) is 12.5. The van der Waals surface area contributed by atoms with Crippen LogP contribution in [0.2, 0.25) is 0 Å². The Morgan fingerprint density at radius 1 is 1.02 bits per heavy atom. The van der Waals surface area contributed by atoms with Gasteiger partial charge in [0.1, 0.15) is 12.2 Å². The molecule has 3 saturated heterocycles. The Morgan fingerprint density at radius 2 is 1.71 bits per heavy atom. The number of hydrogen-bond donors (Lipinski definition) is 2. The number of cyclic esters (lactones) is 2. The first-order valence-electron chi connectivity index (χ1n) is 14.2. The SMILES string of the molecule is CO[C@@H]1OC(=O)[C@H](OCc2nc(C)c(C)cc2C)C12[C@H](C(C)(C)C)CC1OC(=O)C3[C@H](C)C(=O)O[C@H](CO)[C@H](O)[C@]132. The molecule has 1 aliphatic carbocycles. The molecular weight excluding hydrogens is 534 g/mol. The number of rotatable bonds is 5. The molecule has 4 heterocycles. The number of esters is 3. The van der Waals surface area contributed by atoms with Crippen LogP contribution in [0.15, 0.2) is 6.07 Å². The summed E-state index contributed by atoms with van der Waals surface area (Å²) in [7, 11) is 1.39. The number of ether oxygens (including phenoxy) is 5. The Hall–Kier alpha value is -2.60. The van der Waals surface area contributed by atoms with Crippen LogP contribution in [0.1, 0.15) is 56.6 Å². The largest absolute Gasteiger partial charge is 0.461 e. The average molecular weight is 576 g/mol. The first-order valence-corrected chi connectivity index (χ1v) is 14.2. The van der Waals surface area contributed by atoms with Crippen molar-refractivity contribution in [2.75, 3.05) is 13.7 Å². The Balaban J connectivity index is 1.77. The minimum Gasteiger partial charge on any atom is -0.461 e. The number of nitrogens with zero attached hydrogens (tertiary/aromatic N) is 1. The molecule has 1 aromatic rings. The monoisotopic (exact) mass is 575 g/mol. The van der Waals surface area contributed by atoms with E-state index in [9.17, 15) is 24.6 Å². The van der Waals surface area contributed by atoms with Gasteiger partial charge in [0.2, 0.25) is 6.29 Å². The van der Waals surface area contributed by atoms with Gasteiger partial charge in [-0.15, -0.1) is 0 Å². The summed E-state index contributed by atoms with van der Waals surface area (Å²) >= 11 is 0. The number of methoxy groups -OCH3 is 1. The number of carbonyl (C=O) groups is 3. The summed E-state index contributed by atoms with van der Waals surface area (Å²) in [4.78, 5) is 45.3. The number of pyridine rings is 1. The van der Waals surface area contributed by atoms with E-state index in [0.29, 0.717) is 5.69 Å². The van der Waals surface area contributed by atoms with Gasteiger partial charge in [-0.2, -0.15) is 0 Å². The molecule has 11 heteroatoms. The first kappa shape index (κ1) is 29.9. The summed E-state index contributed by atoms with van der Waals surface area (Å²) in [6.07, 6.45) is -6.23. The van der Waals surface area contributed by atoms with E-state index in [-0.39, 0.29) is 13.0 Å². The van der Waals surface area contributed by atoms with Crippen LogP contribution < -0.4 is 0 Å². The molecule has 5 rings (SSSR count).